The minimum Gasteiger partial charge on any atom is -0.497 e. The van der Waals surface area contributed by atoms with Crippen LogP contribution in [0.1, 0.15) is 59.0 Å². The summed E-state index contributed by atoms with van der Waals surface area (Å²) >= 11 is 0. The number of ether oxygens (including phenoxy) is 2. The molecular formula is C23H26N2O3. The van der Waals surface area contributed by atoms with Crippen molar-refractivity contribution >= 4 is 11.9 Å². The minimum absolute atomic E-state index is 0.0927. The lowest BCUT2D eigenvalue weighted by atomic mass is 10.0. The first-order valence-corrected chi connectivity index (χ1v) is 9.57. The summed E-state index contributed by atoms with van der Waals surface area (Å²) in [6, 6.07) is 9.73. The molecule has 28 heavy (non-hydrogen) atoms. The van der Waals surface area contributed by atoms with E-state index in [1.165, 1.54) is 12.8 Å². The monoisotopic (exact) mass is 378 g/mol. The molecule has 5 nitrogen and oxygen atoms in total. The Morgan fingerprint density at radius 3 is 2.50 bits per heavy atom. The van der Waals surface area contributed by atoms with Gasteiger partial charge in [0.25, 0.3) is 0 Å². The highest BCUT2D eigenvalue weighted by Gasteiger charge is 2.25. The lowest BCUT2D eigenvalue weighted by Gasteiger charge is -2.17. The van der Waals surface area contributed by atoms with Crippen LogP contribution in [0.25, 0.3) is 6.08 Å². The van der Waals surface area contributed by atoms with Crippen LogP contribution < -0.4 is 9.47 Å². The molecule has 0 saturated heterocycles. The average molecular weight is 378 g/mol. The van der Waals surface area contributed by atoms with Gasteiger partial charge in [-0.3, -0.25) is 4.79 Å². The largest absolute Gasteiger partial charge is 0.497 e. The maximum atomic E-state index is 13.1. The fraction of sp³-hybridized carbons (Fsp3) is 0.391. The van der Waals surface area contributed by atoms with Crippen LogP contribution in [-0.4, -0.2) is 24.6 Å². The predicted molar refractivity (Wildman–Crippen MR) is 109 cm³/mol. The molecule has 1 aromatic carbocycles. The molecule has 0 atom stereocenters. The standard InChI is InChI=1S/C23H26N2O3/c1-15-11-21(16(2)25(15)19-7-5-6-8-19)23(26)18(14-24)12-17-9-10-20(27-3)13-22(17)28-4/h9-13,19H,5-8H2,1-4H3. The second-order valence-electron chi connectivity index (χ2n) is 7.20. The lowest BCUT2D eigenvalue weighted by Crippen LogP contribution is -2.10. The number of benzene rings is 1. The van der Waals surface area contributed by atoms with E-state index in [2.05, 4.69) is 10.6 Å². The van der Waals surface area contributed by atoms with Gasteiger partial charge in [-0.1, -0.05) is 12.8 Å². The number of Topliss-reactive ketones (excluding diaryl/α,β-unsaturated/α-hetero) is 1. The zero-order chi connectivity index (χ0) is 20.3. The zero-order valence-electron chi connectivity index (χ0n) is 16.9. The van der Waals surface area contributed by atoms with Crippen molar-refractivity contribution in [1.29, 1.82) is 5.26 Å². The van der Waals surface area contributed by atoms with Crippen molar-refractivity contribution in [3.05, 3.63) is 52.4 Å². The van der Waals surface area contributed by atoms with Crippen LogP contribution in [0.5, 0.6) is 11.5 Å². The zero-order valence-corrected chi connectivity index (χ0v) is 16.9. The normalized spacial score (nSPS) is 14.8. The van der Waals surface area contributed by atoms with Crippen LogP contribution in [0.4, 0.5) is 0 Å². The van der Waals surface area contributed by atoms with E-state index >= 15 is 0 Å². The van der Waals surface area contributed by atoms with Gasteiger partial charge < -0.3 is 14.0 Å². The Morgan fingerprint density at radius 2 is 1.89 bits per heavy atom. The molecule has 1 aromatic heterocycles. The predicted octanol–water partition coefficient (Wildman–Crippen LogP) is 5.03. The highest BCUT2D eigenvalue weighted by Crippen LogP contribution is 2.34. The topological polar surface area (TPSA) is 64.2 Å². The Bertz CT molecular complexity index is 957. The smallest absolute Gasteiger partial charge is 0.205 e. The highest BCUT2D eigenvalue weighted by atomic mass is 16.5. The van der Waals surface area contributed by atoms with E-state index in [1.54, 1.807) is 38.5 Å². The number of methoxy groups -OCH3 is 2. The number of ketones is 1. The fourth-order valence-corrected chi connectivity index (χ4v) is 4.12. The summed E-state index contributed by atoms with van der Waals surface area (Å²) in [5.41, 5.74) is 3.38. The molecule has 146 valence electrons. The van der Waals surface area contributed by atoms with E-state index in [1.807, 2.05) is 19.9 Å². The Morgan fingerprint density at radius 1 is 1.18 bits per heavy atom. The Kier molecular flexibility index (Phi) is 5.89. The number of hydrogen-bond acceptors (Lipinski definition) is 4. The second kappa shape index (κ2) is 8.35. The second-order valence-corrected chi connectivity index (χ2v) is 7.20. The third-order valence-electron chi connectivity index (χ3n) is 5.52. The number of aryl methyl sites for hydroxylation is 1. The molecule has 1 aliphatic carbocycles. The van der Waals surface area contributed by atoms with Crippen LogP contribution in [0.3, 0.4) is 0 Å². The number of rotatable bonds is 6. The van der Waals surface area contributed by atoms with E-state index in [-0.39, 0.29) is 11.4 Å². The lowest BCUT2D eigenvalue weighted by molar-refractivity contribution is 0.103. The molecule has 0 aliphatic heterocycles. The number of aromatic nitrogens is 1. The number of allylic oxidation sites excluding steroid dienone is 1. The summed E-state index contributed by atoms with van der Waals surface area (Å²) in [6.45, 7) is 4.01. The summed E-state index contributed by atoms with van der Waals surface area (Å²) in [6.07, 6.45) is 6.33. The molecule has 0 spiro atoms. The number of nitriles is 1. The van der Waals surface area contributed by atoms with E-state index < -0.39 is 0 Å². The van der Waals surface area contributed by atoms with Crippen molar-refractivity contribution < 1.29 is 14.3 Å². The van der Waals surface area contributed by atoms with Gasteiger partial charge in [-0.15, -0.1) is 0 Å². The molecule has 0 radical (unpaired) electrons. The van der Waals surface area contributed by atoms with Gasteiger partial charge in [0.15, 0.2) is 0 Å². The highest BCUT2D eigenvalue weighted by molar-refractivity contribution is 6.15. The fourth-order valence-electron chi connectivity index (χ4n) is 4.12. The van der Waals surface area contributed by atoms with Gasteiger partial charge in [0.05, 0.1) is 14.2 Å². The number of carbonyl (C=O) groups is 1. The van der Waals surface area contributed by atoms with Crippen LogP contribution in [-0.2, 0) is 0 Å². The van der Waals surface area contributed by atoms with Crippen molar-refractivity contribution in [3.8, 4) is 17.6 Å². The van der Waals surface area contributed by atoms with Crippen molar-refractivity contribution in [2.24, 2.45) is 0 Å². The summed E-state index contributed by atoms with van der Waals surface area (Å²) in [5, 5.41) is 9.65. The van der Waals surface area contributed by atoms with E-state index in [9.17, 15) is 10.1 Å². The summed E-state index contributed by atoms with van der Waals surface area (Å²) in [4.78, 5) is 13.1. The van der Waals surface area contributed by atoms with E-state index in [4.69, 9.17) is 9.47 Å². The molecule has 3 rings (SSSR count). The van der Waals surface area contributed by atoms with Crippen molar-refractivity contribution in [3.63, 3.8) is 0 Å². The average Bonchev–Trinajstić information content (AvgIpc) is 3.33. The van der Waals surface area contributed by atoms with Crippen molar-refractivity contribution in [1.82, 2.24) is 4.57 Å². The van der Waals surface area contributed by atoms with Gasteiger partial charge in [-0.2, -0.15) is 5.26 Å². The van der Waals surface area contributed by atoms with Gasteiger partial charge in [-0.25, -0.2) is 0 Å². The first kappa shape index (κ1) is 19.8. The third-order valence-corrected chi connectivity index (χ3v) is 5.52. The van der Waals surface area contributed by atoms with E-state index in [0.29, 0.717) is 28.7 Å². The van der Waals surface area contributed by atoms with Crippen LogP contribution in [0.15, 0.2) is 29.8 Å². The molecule has 5 heteroatoms. The molecular weight excluding hydrogens is 352 g/mol. The van der Waals surface area contributed by atoms with Gasteiger partial charge in [0.2, 0.25) is 5.78 Å². The van der Waals surface area contributed by atoms with E-state index in [0.717, 1.165) is 24.2 Å². The molecule has 0 amide bonds. The molecule has 1 fully saturated rings. The SMILES string of the molecule is COc1ccc(C=C(C#N)C(=O)c2cc(C)n(C3CCCC3)c2C)c(OC)c1. The Labute approximate surface area is 166 Å². The summed E-state index contributed by atoms with van der Waals surface area (Å²) < 4.78 is 12.9. The molecule has 0 unspecified atom stereocenters. The van der Waals surface area contributed by atoms with Gasteiger partial charge in [0, 0.05) is 34.6 Å². The number of carbonyl (C=O) groups excluding carboxylic acids is 1. The Balaban J connectivity index is 1.98. The quantitative estimate of drug-likeness (QED) is 0.402. The van der Waals surface area contributed by atoms with Crippen LogP contribution in [0, 0.1) is 25.2 Å². The van der Waals surface area contributed by atoms with Crippen LogP contribution >= 0.6 is 0 Å². The molecule has 2 aromatic rings. The minimum atomic E-state index is -0.252. The summed E-state index contributed by atoms with van der Waals surface area (Å²) in [7, 11) is 3.13. The van der Waals surface area contributed by atoms with Crippen molar-refractivity contribution in [2.75, 3.05) is 14.2 Å². The van der Waals surface area contributed by atoms with Gasteiger partial charge in [0.1, 0.15) is 23.1 Å². The molecule has 1 heterocycles. The van der Waals surface area contributed by atoms with Crippen LogP contribution in [0.2, 0.25) is 0 Å². The molecule has 1 saturated carbocycles. The first-order chi connectivity index (χ1) is 13.5. The molecule has 0 bridgehead atoms. The van der Waals surface area contributed by atoms with Gasteiger partial charge in [-0.05, 0) is 51.0 Å². The first-order valence-electron chi connectivity index (χ1n) is 9.57. The number of nitrogens with zero attached hydrogens (tertiary/aromatic N) is 2. The molecule has 0 N–H and O–H groups in total. The van der Waals surface area contributed by atoms with Gasteiger partial charge >= 0.3 is 0 Å². The Hall–Kier alpha value is -3.00. The molecule has 1 aliphatic rings. The number of hydrogen-bond donors (Lipinski definition) is 0. The maximum absolute atomic E-state index is 13.1. The maximum Gasteiger partial charge on any atom is 0.205 e. The summed E-state index contributed by atoms with van der Waals surface area (Å²) in [5.74, 6) is 0.952. The van der Waals surface area contributed by atoms with Crippen molar-refractivity contribution in [2.45, 2.75) is 45.6 Å². The third kappa shape index (κ3) is 3.68.